The number of amides is 2. The largest absolute Gasteiger partial charge is 0.289 e. The highest BCUT2D eigenvalue weighted by Crippen LogP contribution is 2.28. The smallest absolute Gasteiger partial charge is 0.273 e. The minimum absolute atomic E-state index is 0.144. The van der Waals surface area contributed by atoms with Gasteiger partial charge in [-0.05, 0) is 24.5 Å². The summed E-state index contributed by atoms with van der Waals surface area (Å²) < 4.78 is 26.6. The van der Waals surface area contributed by atoms with Crippen molar-refractivity contribution in [3.05, 3.63) is 34.9 Å². The van der Waals surface area contributed by atoms with Crippen LogP contribution in [0, 0.1) is 0 Å². The molecule has 1 aromatic carbocycles. The van der Waals surface area contributed by atoms with E-state index in [1.54, 1.807) is 24.3 Å². The molecule has 0 saturated carbocycles. The zero-order valence-electron chi connectivity index (χ0n) is 12.9. The molecule has 2 fully saturated rings. The van der Waals surface area contributed by atoms with Crippen LogP contribution in [-0.2, 0) is 20.6 Å². The van der Waals surface area contributed by atoms with Crippen molar-refractivity contribution < 1.29 is 18.0 Å². The Labute approximate surface area is 150 Å². The lowest BCUT2D eigenvalue weighted by Gasteiger charge is -2.34. The Balaban J connectivity index is 1.64. The van der Waals surface area contributed by atoms with E-state index < -0.39 is 10.0 Å². The molecule has 0 N–H and O–H groups in total. The highest BCUT2D eigenvalue weighted by Gasteiger charge is 2.39. The van der Waals surface area contributed by atoms with Crippen molar-refractivity contribution in [1.82, 2.24) is 9.21 Å². The van der Waals surface area contributed by atoms with Crippen LogP contribution in [0.4, 0.5) is 4.79 Å². The molecule has 0 bridgehead atoms. The molecule has 9 heteroatoms. The van der Waals surface area contributed by atoms with E-state index in [0.717, 1.165) is 11.8 Å². The van der Waals surface area contributed by atoms with Gasteiger partial charge in [-0.1, -0.05) is 41.6 Å². The maximum Gasteiger partial charge on any atom is 0.289 e. The highest BCUT2D eigenvalue weighted by molar-refractivity contribution is 8.14. The van der Waals surface area contributed by atoms with E-state index >= 15 is 0 Å². The lowest BCUT2D eigenvalue weighted by Crippen LogP contribution is -2.48. The van der Waals surface area contributed by atoms with Gasteiger partial charge in [-0.25, -0.2) is 12.7 Å². The summed E-state index contributed by atoms with van der Waals surface area (Å²) in [6.45, 7) is 0.609. The average Bonchev–Trinajstić information content (AvgIpc) is 2.88. The number of nitrogens with zero attached hydrogens (tertiary/aromatic N) is 2. The van der Waals surface area contributed by atoms with Gasteiger partial charge < -0.3 is 0 Å². The molecule has 2 aliphatic heterocycles. The van der Waals surface area contributed by atoms with Gasteiger partial charge in [0.2, 0.25) is 15.9 Å². The maximum absolute atomic E-state index is 12.6. The molecule has 24 heavy (non-hydrogen) atoms. The van der Waals surface area contributed by atoms with Crippen molar-refractivity contribution in [3.63, 3.8) is 0 Å². The Morgan fingerprint density at radius 3 is 2.42 bits per heavy atom. The summed E-state index contributed by atoms with van der Waals surface area (Å²) in [5.74, 6) is -0.138. The fourth-order valence-corrected chi connectivity index (χ4v) is 5.65. The van der Waals surface area contributed by atoms with Crippen LogP contribution >= 0.6 is 23.4 Å². The van der Waals surface area contributed by atoms with Crippen LogP contribution in [0.3, 0.4) is 0 Å². The number of carbonyl (C=O) groups excluding carboxylic acids is 2. The van der Waals surface area contributed by atoms with E-state index in [1.807, 2.05) is 0 Å². The quantitative estimate of drug-likeness (QED) is 0.791. The van der Waals surface area contributed by atoms with Crippen LogP contribution in [-0.4, -0.2) is 53.7 Å². The van der Waals surface area contributed by atoms with E-state index in [2.05, 4.69) is 0 Å². The normalized spacial score (nSPS) is 20.8. The minimum Gasteiger partial charge on any atom is -0.273 e. The third-order valence-corrected chi connectivity index (χ3v) is 7.29. The monoisotopic (exact) mass is 388 g/mol. The predicted octanol–water partition coefficient (Wildman–Crippen LogP) is 2.33. The number of thioether (sulfide) groups is 1. The van der Waals surface area contributed by atoms with Gasteiger partial charge in [-0.3, -0.25) is 14.5 Å². The van der Waals surface area contributed by atoms with Gasteiger partial charge in [-0.2, -0.15) is 0 Å². The third kappa shape index (κ3) is 3.61. The number of sulfonamides is 1. The van der Waals surface area contributed by atoms with Crippen LogP contribution in [0.2, 0.25) is 5.02 Å². The minimum atomic E-state index is -3.48. The molecule has 6 nitrogen and oxygen atoms in total. The Hall–Kier alpha value is -1.09. The number of piperidine rings is 1. The first-order valence-corrected chi connectivity index (χ1v) is 10.6. The van der Waals surface area contributed by atoms with E-state index in [9.17, 15) is 18.0 Å². The van der Waals surface area contributed by atoms with E-state index in [4.69, 9.17) is 11.6 Å². The molecule has 0 radical (unpaired) electrons. The summed E-state index contributed by atoms with van der Waals surface area (Å²) in [5, 5.41) is 0.207. The topological polar surface area (TPSA) is 74.8 Å². The van der Waals surface area contributed by atoms with E-state index in [-0.39, 0.29) is 28.7 Å². The number of imide groups is 1. The summed E-state index contributed by atoms with van der Waals surface area (Å²) >= 11 is 7.05. The molecular formula is C15H17ClN2O4S2. The number of benzene rings is 1. The van der Waals surface area contributed by atoms with Crippen molar-refractivity contribution in [2.45, 2.75) is 24.6 Å². The molecule has 2 aliphatic rings. The van der Waals surface area contributed by atoms with E-state index in [1.165, 1.54) is 9.21 Å². The molecule has 0 spiro atoms. The lowest BCUT2D eigenvalue weighted by molar-refractivity contribution is -0.126. The maximum atomic E-state index is 12.6. The summed E-state index contributed by atoms with van der Waals surface area (Å²) in [6.07, 6.45) is 0.944. The Morgan fingerprint density at radius 1 is 1.17 bits per heavy atom. The van der Waals surface area contributed by atoms with Crippen molar-refractivity contribution in [3.8, 4) is 0 Å². The molecule has 130 valence electrons. The van der Waals surface area contributed by atoms with Crippen LogP contribution in [0.1, 0.15) is 18.4 Å². The van der Waals surface area contributed by atoms with Gasteiger partial charge in [0.25, 0.3) is 5.24 Å². The van der Waals surface area contributed by atoms with E-state index in [0.29, 0.717) is 36.5 Å². The first-order valence-electron chi connectivity index (χ1n) is 7.58. The highest BCUT2D eigenvalue weighted by atomic mass is 35.5. The van der Waals surface area contributed by atoms with Crippen molar-refractivity contribution in [2.75, 3.05) is 18.8 Å². The van der Waals surface area contributed by atoms with Gasteiger partial charge in [-0.15, -0.1) is 0 Å². The Bertz CT molecular complexity index is 744. The third-order valence-electron chi connectivity index (χ3n) is 4.26. The van der Waals surface area contributed by atoms with Gasteiger partial charge in [0.05, 0.1) is 11.5 Å². The zero-order valence-corrected chi connectivity index (χ0v) is 15.2. The molecule has 1 aromatic rings. The average molecular weight is 389 g/mol. The van der Waals surface area contributed by atoms with Crippen molar-refractivity contribution in [2.24, 2.45) is 0 Å². The van der Waals surface area contributed by atoms with Crippen LogP contribution in [0.25, 0.3) is 0 Å². The molecule has 0 unspecified atom stereocenters. The number of halogens is 1. The fourth-order valence-electron chi connectivity index (χ4n) is 3.00. The summed E-state index contributed by atoms with van der Waals surface area (Å²) in [5.41, 5.74) is 0.572. The Kier molecular flexibility index (Phi) is 5.19. The molecule has 2 amide bonds. The standard InChI is InChI=1S/C15H17ClN2O4S2/c16-13-4-2-1-3-11(13)10-24(21,22)17-7-5-12(6-8-17)18-14(19)9-23-15(18)20/h1-4,12H,5-10H2. The first-order chi connectivity index (χ1) is 11.4. The number of hydrogen-bond acceptors (Lipinski definition) is 5. The summed E-state index contributed by atoms with van der Waals surface area (Å²) in [4.78, 5) is 24.8. The number of carbonyl (C=O) groups is 2. The van der Waals surface area contributed by atoms with Crippen molar-refractivity contribution >= 4 is 44.5 Å². The molecule has 2 saturated heterocycles. The second-order valence-corrected chi connectivity index (χ2v) is 9.10. The Morgan fingerprint density at radius 2 is 1.83 bits per heavy atom. The number of hydrogen-bond donors (Lipinski definition) is 0. The van der Waals surface area contributed by atoms with Gasteiger partial charge >= 0.3 is 0 Å². The molecular weight excluding hydrogens is 372 g/mol. The molecule has 2 heterocycles. The van der Waals surface area contributed by atoms with Crippen molar-refractivity contribution in [1.29, 1.82) is 0 Å². The van der Waals surface area contributed by atoms with Gasteiger partial charge in [0, 0.05) is 24.2 Å². The van der Waals surface area contributed by atoms with Gasteiger partial charge in [0.15, 0.2) is 0 Å². The first kappa shape index (κ1) is 17.7. The van der Waals surface area contributed by atoms with Crippen LogP contribution < -0.4 is 0 Å². The summed E-state index contributed by atoms with van der Waals surface area (Å²) in [6, 6.07) is 6.68. The predicted molar refractivity (Wildman–Crippen MR) is 93.4 cm³/mol. The van der Waals surface area contributed by atoms with Crippen LogP contribution in [0.5, 0.6) is 0 Å². The molecule has 3 rings (SSSR count). The summed E-state index contributed by atoms with van der Waals surface area (Å²) in [7, 11) is -3.48. The second kappa shape index (κ2) is 7.03. The molecule has 0 aromatic heterocycles. The van der Waals surface area contributed by atoms with Crippen LogP contribution in [0.15, 0.2) is 24.3 Å². The molecule has 0 aliphatic carbocycles. The number of rotatable bonds is 4. The zero-order chi connectivity index (χ0) is 17.3. The molecule has 0 atom stereocenters. The second-order valence-electron chi connectivity index (χ2n) is 5.80. The van der Waals surface area contributed by atoms with Gasteiger partial charge in [0.1, 0.15) is 0 Å². The lowest BCUT2D eigenvalue weighted by atomic mass is 10.1. The SMILES string of the molecule is O=C1CSC(=O)N1C1CCN(S(=O)(=O)Cc2ccccc2Cl)CC1. The fraction of sp³-hybridized carbons (Fsp3) is 0.467.